The van der Waals surface area contributed by atoms with E-state index in [2.05, 4.69) is 45.1 Å². The lowest BCUT2D eigenvalue weighted by Crippen LogP contribution is -2.30. The molecule has 0 fully saturated rings. The van der Waals surface area contributed by atoms with E-state index in [4.69, 9.17) is 14.2 Å². The molecule has 0 aliphatic heterocycles. The Balaban J connectivity index is 4.22. The molecule has 1 atom stereocenters. The highest BCUT2D eigenvalue weighted by molar-refractivity contribution is 5.71. The quantitative estimate of drug-likeness (QED) is 0.0261. The summed E-state index contributed by atoms with van der Waals surface area (Å²) in [5, 5.41) is 0. The lowest BCUT2D eigenvalue weighted by Gasteiger charge is -2.18. The maximum Gasteiger partial charge on any atom is 0.306 e. The summed E-state index contributed by atoms with van der Waals surface area (Å²) in [6.07, 6.45) is 80.7. The molecule has 6 heteroatoms. The molecule has 454 valence electrons. The lowest BCUT2D eigenvalue weighted by molar-refractivity contribution is -0.167. The highest BCUT2D eigenvalue weighted by atomic mass is 16.6. The van der Waals surface area contributed by atoms with Gasteiger partial charge in [-0.15, -0.1) is 0 Å². The Morgan fingerprint density at radius 1 is 0.247 bits per heavy atom. The molecule has 0 saturated heterocycles. The second-order valence-corrected chi connectivity index (χ2v) is 23.8. The number of rotatable bonds is 65. The second-order valence-electron chi connectivity index (χ2n) is 23.8. The van der Waals surface area contributed by atoms with Gasteiger partial charge in [-0.3, -0.25) is 14.4 Å². The zero-order chi connectivity index (χ0) is 55.7. The van der Waals surface area contributed by atoms with Crippen LogP contribution >= 0.6 is 0 Å². The van der Waals surface area contributed by atoms with Gasteiger partial charge in [0.25, 0.3) is 0 Å². The minimum Gasteiger partial charge on any atom is -0.462 e. The van der Waals surface area contributed by atoms with Gasteiger partial charge in [-0.05, 0) is 70.6 Å². The number of hydrogen-bond acceptors (Lipinski definition) is 6. The minimum atomic E-state index is -0.777. The highest BCUT2D eigenvalue weighted by Crippen LogP contribution is 2.18. The van der Waals surface area contributed by atoms with E-state index in [1.54, 1.807) is 0 Å². The highest BCUT2D eigenvalue weighted by Gasteiger charge is 2.19. The fourth-order valence-corrected chi connectivity index (χ4v) is 10.7. The lowest BCUT2D eigenvalue weighted by atomic mass is 10.0. The van der Waals surface area contributed by atoms with Gasteiger partial charge in [-0.2, -0.15) is 0 Å². The van der Waals surface area contributed by atoms with Crippen LogP contribution in [0.2, 0.25) is 0 Å². The Labute approximate surface area is 481 Å². The monoisotopic (exact) mass is 1080 g/mol. The van der Waals surface area contributed by atoms with Crippen LogP contribution in [0.5, 0.6) is 0 Å². The largest absolute Gasteiger partial charge is 0.462 e. The van der Waals surface area contributed by atoms with Crippen LogP contribution < -0.4 is 0 Å². The van der Waals surface area contributed by atoms with Crippen molar-refractivity contribution in [2.24, 2.45) is 0 Å². The van der Waals surface area contributed by atoms with E-state index < -0.39 is 6.10 Å². The van der Waals surface area contributed by atoms with E-state index in [1.165, 1.54) is 283 Å². The predicted molar refractivity (Wildman–Crippen MR) is 335 cm³/mol. The van der Waals surface area contributed by atoms with Gasteiger partial charge < -0.3 is 14.2 Å². The summed E-state index contributed by atoms with van der Waals surface area (Å²) in [6, 6.07) is 0. The van der Waals surface area contributed by atoms with Gasteiger partial charge in [0.1, 0.15) is 13.2 Å². The normalized spacial score (nSPS) is 12.1. The molecule has 77 heavy (non-hydrogen) atoms. The van der Waals surface area contributed by atoms with Gasteiger partial charge in [0.2, 0.25) is 0 Å². The van der Waals surface area contributed by atoms with E-state index >= 15 is 0 Å². The second kappa shape index (κ2) is 66.4. The van der Waals surface area contributed by atoms with Crippen molar-refractivity contribution in [1.82, 2.24) is 0 Å². The van der Waals surface area contributed by atoms with Gasteiger partial charge in [0.05, 0.1) is 0 Å². The predicted octanol–water partition coefficient (Wildman–Crippen LogP) is 23.8. The van der Waals surface area contributed by atoms with Crippen LogP contribution in [0.1, 0.15) is 393 Å². The number of esters is 3. The van der Waals surface area contributed by atoms with E-state index in [1.807, 2.05) is 0 Å². The average molecular weight is 1080 g/mol. The molecule has 0 rings (SSSR count). The van der Waals surface area contributed by atoms with Crippen molar-refractivity contribution >= 4 is 17.9 Å². The molecule has 0 aromatic carbocycles. The molecular formula is C71H134O6. The fraction of sp³-hybridized carbons (Fsp3) is 0.901. The number of carbonyl (C=O) groups excluding carboxylic acids is 3. The van der Waals surface area contributed by atoms with E-state index in [0.29, 0.717) is 19.3 Å². The van der Waals surface area contributed by atoms with Crippen LogP contribution in [0.4, 0.5) is 0 Å². The third-order valence-corrected chi connectivity index (χ3v) is 15.9. The standard InChI is InChI=1S/C71H134O6/c1-4-7-10-13-16-19-22-25-28-31-32-33-34-35-36-37-38-39-40-41-44-46-49-52-55-58-61-64-70(73)76-67-68(77-71(74)65-62-59-56-53-50-47-43-30-27-24-21-18-15-12-9-6-3)66-75-69(72)63-60-57-54-51-48-45-42-29-26-23-20-17-14-11-8-5-2/h29-30,42-43,68H,4-28,31-41,44-67H2,1-3H3/b42-29-,43-30-. The molecule has 0 radical (unpaired) electrons. The van der Waals surface area contributed by atoms with Crippen LogP contribution in [0.3, 0.4) is 0 Å². The number of allylic oxidation sites excluding steroid dienone is 4. The first-order valence-electron chi connectivity index (χ1n) is 34.8. The summed E-state index contributed by atoms with van der Waals surface area (Å²) in [5.41, 5.74) is 0. The molecular weight excluding hydrogens is 949 g/mol. The molecule has 0 amide bonds. The first-order valence-corrected chi connectivity index (χ1v) is 34.8. The van der Waals surface area contributed by atoms with Crippen LogP contribution in [0.25, 0.3) is 0 Å². The molecule has 0 heterocycles. The Kier molecular flexibility index (Phi) is 64.6. The van der Waals surface area contributed by atoms with Crippen LogP contribution in [-0.2, 0) is 28.6 Å². The van der Waals surface area contributed by atoms with E-state index in [9.17, 15) is 14.4 Å². The van der Waals surface area contributed by atoms with Gasteiger partial charge in [-0.1, -0.05) is 328 Å². The maximum atomic E-state index is 12.9. The third-order valence-electron chi connectivity index (χ3n) is 15.9. The topological polar surface area (TPSA) is 78.9 Å². The molecule has 1 unspecified atom stereocenters. The van der Waals surface area contributed by atoms with Gasteiger partial charge in [0, 0.05) is 19.3 Å². The number of carbonyl (C=O) groups is 3. The Morgan fingerprint density at radius 3 is 0.649 bits per heavy atom. The maximum absolute atomic E-state index is 12.9. The van der Waals surface area contributed by atoms with Crippen LogP contribution in [0.15, 0.2) is 24.3 Å². The fourth-order valence-electron chi connectivity index (χ4n) is 10.7. The smallest absolute Gasteiger partial charge is 0.306 e. The average Bonchev–Trinajstić information content (AvgIpc) is 3.43. The summed E-state index contributed by atoms with van der Waals surface area (Å²) < 4.78 is 17.0. The third kappa shape index (κ3) is 64.6. The summed E-state index contributed by atoms with van der Waals surface area (Å²) in [6.45, 7) is 6.70. The minimum absolute atomic E-state index is 0.0721. The molecule has 6 nitrogen and oxygen atoms in total. The van der Waals surface area contributed by atoms with Crippen molar-refractivity contribution in [2.45, 2.75) is 399 Å². The van der Waals surface area contributed by atoms with Crippen molar-refractivity contribution < 1.29 is 28.6 Å². The van der Waals surface area contributed by atoms with Crippen molar-refractivity contribution in [3.8, 4) is 0 Å². The van der Waals surface area contributed by atoms with Crippen molar-refractivity contribution in [3.05, 3.63) is 24.3 Å². The zero-order valence-electron chi connectivity index (χ0n) is 52.3. The zero-order valence-corrected chi connectivity index (χ0v) is 52.3. The van der Waals surface area contributed by atoms with Crippen molar-refractivity contribution in [1.29, 1.82) is 0 Å². The number of hydrogen-bond donors (Lipinski definition) is 0. The number of unbranched alkanes of at least 4 members (excludes halogenated alkanes) is 50. The van der Waals surface area contributed by atoms with Gasteiger partial charge >= 0.3 is 17.9 Å². The first-order chi connectivity index (χ1) is 38.0. The molecule has 0 aromatic rings. The molecule has 0 saturated carbocycles. The van der Waals surface area contributed by atoms with Gasteiger partial charge in [0.15, 0.2) is 6.10 Å². The van der Waals surface area contributed by atoms with Crippen LogP contribution in [-0.4, -0.2) is 37.2 Å². The van der Waals surface area contributed by atoms with Crippen LogP contribution in [0, 0.1) is 0 Å². The Morgan fingerprint density at radius 2 is 0.429 bits per heavy atom. The Hall–Kier alpha value is -2.11. The summed E-state index contributed by atoms with van der Waals surface area (Å²) in [4.78, 5) is 38.4. The molecule has 0 aromatic heterocycles. The van der Waals surface area contributed by atoms with E-state index in [0.717, 1.165) is 70.6 Å². The van der Waals surface area contributed by atoms with Crippen molar-refractivity contribution in [3.63, 3.8) is 0 Å². The molecule has 0 N–H and O–H groups in total. The molecule has 0 spiro atoms. The molecule has 0 aliphatic carbocycles. The summed E-state index contributed by atoms with van der Waals surface area (Å²) in [5.74, 6) is -0.860. The first kappa shape index (κ1) is 74.9. The van der Waals surface area contributed by atoms with Crippen molar-refractivity contribution in [2.75, 3.05) is 13.2 Å². The van der Waals surface area contributed by atoms with Gasteiger partial charge in [-0.25, -0.2) is 0 Å². The SMILES string of the molecule is CCCCCCCCC/C=C\CCCCCCCC(=O)OCC(COC(=O)CCCCCCCCCCCCCCCCCCCCCCCCCCCCC)OC(=O)CCCCCCC/C=C\CCCCCCCCC. The molecule has 0 bridgehead atoms. The summed E-state index contributed by atoms with van der Waals surface area (Å²) in [7, 11) is 0. The summed E-state index contributed by atoms with van der Waals surface area (Å²) >= 11 is 0. The van der Waals surface area contributed by atoms with E-state index in [-0.39, 0.29) is 31.1 Å². The number of ether oxygens (including phenoxy) is 3. The molecule has 0 aliphatic rings. The Bertz CT molecular complexity index is 1240.